The normalized spacial score (nSPS) is 15.7. The lowest BCUT2D eigenvalue weighted by Crippen LogP contribution is -2.27. The molecule has 1 N–H and O–H groups in total. The molecular weight excluding hydrogens is 338 g/mol. The summed E-state index contributed by atoms with van der Waals surface area (Å²) in [6.45, 7) is 2.06. The maximum absolute atomic E-state index is 12.4. The van der Waals surface area contributed by atoms with Crippen LogP contribution in [0.1, 0.15) is 31.5 Å². The first-order valence-corrected chi connectivity index (χ1v) is 9.29. The number of hydrogen-bond acceptors (Lipinski definition) is 5. The zero-order chi connectivity index (χ0) is 17.8. The highest BCUT2D eigenvalue weighted by atomic mass is 32.2. The van der Waals surface area contributed by atoms with Gasteiger partial charge in [0.2, 0.25) is 5.91 Å². The van der Waals surface area contributed by atoms with E-state index in [1.165, 1.54) is 11.8 Å². The molecule has 3 rings (SSSR count). The lowest BCUT2D eigenvalue weighted by molar-refractivity contribution is -0.116. The fourth-order valence-corrected chi connectivity index (χ4v) is 4.06. The van der Waals surface area contributed by atoms with E-state index in [4.69, 9.17) is 4.74 Å². The summed E-state index contributed by atoms with van der Waals surface area (Å²) in [6.07, 6.45) is 1.97. The number of fused-ring (bicyclic) bond motifs is 1. The fraction of sp³-hybridized carbons (Fsp3) is 0.389. The standard InChI is InChI=1S/C18H21N3O3S/c1-3-6-12-9-17(23)21-13(11-25-18(21)19-12)10-16(22)20-14-7-4-5-8-15(14)24-2/h4-5,7-9,13H,3,6,10-11H2,1-2H3,(H,20,22). The van der Waals surface area contributed by atoms with Gasteiger partial charge in [0.25, 0.3) is 5.56 Å². The van der Waals surface area contributed by atoms with E-state index < -0.39 is 0 Å². The number of nitrogens with one attached hydrogen (secondary N) is 1. The Morgan fingerprint density at radius 1 is 1.44 bits per heavy atom. The molecule has 0 radical (unpaired) electrons. The minimum atomic E-state index is -0.176. The van der Waals surface area contributed by atoms with E-state index in [1.807, 2.05) is 12.1 Å². The molecule has 6 nitrogen and oxygen atoms in total. The molecule has 0 bridgehead atoms. The van der Waals surface area contributed by atoms with Gasteiger partial charge in [0.15, 0.2) is 5.16 Å². The number of hydrogen-bond donors (Lipinski definition) is 1. The van der Waals surface area contributed by atoms with Gasteiger partial charge in [-0.2, -0.15) is 0 Å². The van der Waals surface area contributed by atoms with Crippen molar-refractivity contribution >= 4 is 23.4 Å². The predicted octanol–water partition coefficient (Wildman–Crippen LogP) is 2.88. The van der Waals surface area contributed by atoms with Crippen LogP contribution in [0.15, 0.2) is 40.3 Å². The van der Waals surface area contributed by atoms with Crippen LogP contribution in [0, 0.1) is 0 Å². The summed E-state index contributed by atoms with van der Waals surface area (Å²) in [4.78, 5) is 29.4. The molecule has 1 atom stereocenters. The van der Waals surface area contributed by atoms with E-state index in [1.54, 1.807) is 29.9 Å². The minimum Gasteiger partial charge on any atom is -0.495 e. The molecule has 7 heteroatoms. The third-order valence-electron chi connectivity index (χ3n) is 4.05. The molecule has 132 valence electrons. The Bertz CT molecular complexity index is 835. The number of anilines is 1. The topological polar surface area (TPSA) is 73.2 Å². The molecular formula is C18H21N3O3S. The van der Waals surface area contributed by atoms with Crippen LogP contribution in [0.25, 0.3) is 0 Å². The Kier molecular flexibility index (Phi) is 5.43. The van der Waals surface area contributed by atoms with E-state index >= 15 is 0 Å². The van der Waals surface area contributed by atoms with Gasteiger partial charge in [0, 0.05) is 23.9 Å². The molecule has 0 saturated carbocycles. The molecule has 1 aliphatic rings. The van der Waals surface area contributed by atoms with Gasteiger partial charge in [-0.1, -0.05) is 37.2 Å². The molecule has 2 aromatic rings. The summed E-state index contributed by atoms with van der Waals surface area (Å²) in [5.41, 5.74) is 1.38. The molecule has 1 amide bonds. The van der Waals surface area contributed by atoms with Crippen LogP contribution in [0.4, 0.5) is 5.69 Å². The zero-order valence-electron chi connectivity index (χ0n) is 14.3. The zero-order valence-corrected chi connectivity index (χ0v) is 15.1. The van der Waals surface area contributed by atoms with Crippen molar-refractivity contribution in [2.45, 2.75) is 37.4 Å². The van der Waals surface area contributed by atoms with Crippen molar-refractivity contribution in [2.24, 2.45) is 0 Å². The number of para-hydroxylation sites is 2. The predicted molar refractivity (Wildman–Crippen MR) is 98.5 cm³/mol. The number of methoxy groups -OCH3 is 1. The summed E-state index contributed by atoms with van der Waals surface area (Å²) in [6, 6.07) is 8.67. The molecule has 1 aliphatic heterocycles. The van der Waals surface area contributed by atoms with Gasteiger partial charge in [0.1, 0.15) is 5.75 Å². The molecule has 1 unspecified atom stereocenters. The number of aromatic nitrogens is 2. The van der Waals surface area contributed by atoms with Crippen molar-refractivity contribution in [3.63, 3.8) is 0 Å². The largest absolute Gasteiger partial charge is 0.495 e. The van der Waals surface area contributed by atoms with Crippen LogP contribution >= 0.6 is 11.8 Å². The summed E-state index contributed by atoms with van der Waals surface area (Å²) in [5, 5.41) is 3.58. The Morgan fingerprint density at radius 3 is 3.00 bits per heavy atom. The van der Waals surface area contributed by atoms with Crippen LogP contribution in [-0.2, 0) is 11.2 Å². The van der Waals surface area contributed by atoms with Crippen LogP contribution in [-0.4, -0.2) is 28.3 Å². The van der Waals surface area contributed by atoms with Gasteiger partial charge < -0.3 is 10.1 Å². The molecule has 0 fully saturated rings. The SMILES string of the molecule is CCCc1cc(=O)n2c(n1)SCC2CC(=O)Nc1ccccc1OC. The number of ether oxygens (including phenoxy) is 1. The number of aryl methyl sites for hydroxylation is 1. The second-order valence-corrected chi connectivity index (χ2v) is 6.89. The number of nitrogens with zero attached hydrogens (tertiary/aromatic N) is 2. The highest BCUT2D eigenvalue weighted by Crippen LogP contribution is 2.32. The number of thioether (sulfide) groups is 1. The summed E-state index contributed by atoms with van der Waals surface area (Å²) < 4.78 is 6.89. The Hall–Kier alpha value is -2.28. The third-order valence-corrected chi connectivity index (χ3v) is 5.15. The maximum atomic E-state index is 12.4. The van der Waals surface area contributed by atoms with Gasteiger partial charge in [-0.25, -0.2) is 4.98 Å². The van der Waals surface area contributed by atoms with Crippen LogP contribution in [0.3, 0.4) is 0 Å². The number of benzene rings is 1. The molecule has 25 heavy (non-hydrogen) atoms. The second kappa shape index (κ2) is 7.74. The Labute approximate surface area is 150 Å². The average Bonchev–Trinajstić information content (AvgIpc) is 2.98. The number of carbonyl (C=O) groups is 1. The van der Waals surface area contributed by atoms with Crippen molar-refractivity contribution in [1.82, 2.24) is 9.55 Å². The monoisotopic (exact) mass is 359 g/mol. The highest BCUT2D eigenvalue weighted by Gasteiger charge is 2.27. The van der Waals surface area contributed by atoms with Crippen LogP contribution in [0.5, 0.6) is 5.75 Å². The van der Waals surface area contributed by atoms with Crippen LogP contribution in [0.2, 0.25) is 0 Å². The number of amides is 1. The number of carbonyl (C=O) groups excluding carboxylic acids is 1. The van der Waals surface area contributed by atoms with Gasteiger partial charge in [-0.3, -0.25) is 14.2 Å². The first-order chi connectivity index (χ1) is 12.1. The van der Waals surface area contributed by atoms with Gasteiger partial charge >= 0.3 is 0 Å². The van der Waals surface area contributed by atoms with Crippen molar-refractivity contribution < 1.29 is 9.53 Å². The van der Waals surface area contributed by atoms with Crippen molar-refractivity contribution in [3.05, 3.63) is 46.4 Å². The van der Waals surface area contributed by atoms with Crippen molar-refractivity contribution in [2.75, 3.05) is 18.2 Å². The fourth-order valence-electron chi connectivity index (χ4n) is 2.90. The van der Waals surface area contributed by atoms with E-state index in [0.29, 0.717) is 22.3 Å². The Balaban J connectivity index is 1.73. The molecule has 0 aliphatic carbocycles. The minimum absolute atomic E-state index is 0.0754. The van der Waals surface area contributed by atoms with Gasteiger partial charge in [-0.15, -0.1) is 0 Å². The maximum Gasteiger partial charge on any atom is 0.254 e. The summed E-state index contributed by atoms with van der Waals surface area (Å²) >= 11 is 1.53. The lowest BCUT2D eigenvalue weighted by Gasteiger charge is -2.14. The van der Waals surface area contributed by atoms with Gasteiger partial charge in [-0.05, 0) is 18.6 Å². The summed E-state index contributed by atoms with van der Waals surface area (Å²) in [5.74, 6) is 1.14. The van der Waals surface area contributed by atoms with Crippen LogP contribution < -0.4 is 15.6 Å². The molecule has 1 aromatic heterocycles. The quantitative estimate of drug-likeness (QED) is 0.803. The smallest absolute Gasteiger partial charge is 0.254 e. The second-order valence-electron chi connectivity index (χ2n) is 5.91. The van der Waals surface area contributed by atoms with Crippen molar-refractivity contribution in [1.29, 1.82) is 0 Å². The molecule has 2 heterocycles. The molecule has 0 spiro atoms. The van der Waals surface area contributed by atoms with E-state index in [9.17, 15) is 9.59 Å². The first kappa shape index (κ1) is 17.5. The molecule has 1 aromatic carbocycles. The van der Waals surface area contributed by atoms with Gasteiger partial charge in [0.05, 0.1) is 18.8 Å². The first-order valence-electron chi connectivity index (χ1n) is 8.30. The van der Waals surface area contributed by atoms with E-state index in [-0.39, 0.29) is 23.9 Å². The highest BCUT2D eigenvalue weighted by molar-refractivity contribution is 7.99. The average molecular weight is 359 g/mol. The Morgan fingerprint density at radius 2 is 2.24 bits per heavy atom. The van der Waals surface area contributed by atoms with E-state index in [2.05, 4.69) is 17.2 Å². The third kappa shape index (κ3) is 3.87. The lowest BCUT2D eigenvalue weighted by atomic mass is 10.2. The molecule has 0 saturated heterocycles. The summed E-state index contributed by atoms with van der Waals surface area (Å²) in [7, 11) is 1.56. The van der Waals surface area contributed by atoms with Crippen molar-refractivity contribution in [3.8, 4) is 5.75 Å². The van der Waals surface area contributed by atoms with E-state index in [0.717, 1.165) is 18.5 Å². The number of rotatable bonds is 6.